The number of benzene rings is 1. The molecule has 0 aliphatic rings. The van der Waals surface area contributed by atoms with Gasteiger partial charge >= 0.3 is 0 Å². The Balaban J connectivity index is 2.65. The fourth-order valence-electron chi connectivity index (χ4n) is 1.02. The Morgan fingerprint density at radius 1 is 1.29 bits per heavy atom. The zero-order chi connectivity index (χ0) is 10.6. The van der Waals surface area contributed by atoms with Gasteiger partial charge in [0, 0.05) is 18.4 Å². The van der Waals surface area contributed by atoms with Gasteiger partial charge in [-0.2, -0.15) is 0 Å². The van der Waals surface area contributed by atoms with Crippen LogP contribution < -0.4 is 0 Å². The first-order chi connectivity index (χ1) is 6.59. The van der Waals surface area contributed by atoms with E-state index >= 15 is 0 Å². The summed E-state index contributed by atoms with van der Waals surface area (Å²) in [6, 6.07) is 5.35. The van der Waals surface area contributed by atoms with Crippen molar-refractivity contribution < 1.29 is 14.0 Å². The highest BCUT2D eigenvalue weighted by Gasteiger charge is 2.08. The van der Waals surface area contributed by atoms with Crippen LogP contribution in [-0.4, -0.2) is 11.0 Å². The number of Topliss-reactive ketones (excluding diaryl/α,β-unsaturated/α-hetero) is 1. The molecule has 4 heteroatoms. The highest BCUT2D eigenvalue weighted by molar-refractivity contribution is 6.63. The third kappa shape index (κ3) is 3.26. The molecule has 0 spiro atoms. The summed E-state index contributed by atoms with van der Waals surface area (Å²) in [7, 11) is 0. The summed E-state index contributed by atoms with van der Waals surface area (Å²) in [5.41, 5.74) is 0.267. The van der Waals surface area contributed by atoms with E-state index in [-0.39, 0.29) is 24.2 Å². The Kier molecular flexibility index (Phi) is 3.77. The van der Waals surface area contributed by atoms with Crippen LogP contribution in [0.2, 0.25) is 0 Å². The molecule has 0 saturated heterocycles. The zero-order valence-corrected chi connectivity index (χ0v) is 8.05. The molecule has 0 aromatic heterocycles. The second-order valence-electron chi connectivity index (χ2n) is 2.79. The average Bonchev–Trinajstić information content (AvgIpc) is 2.14. The molecule has 0 radical (unpaired) electrons. The lowest BCUT2D eigenvalue weighted by Gasteiger charge is -1.98. The summed E-state index contributed by atoms with van der Waals surface area (Å²) in [6.07, 6.45) is 0.00267. The van der Waals surface area contributed by atoms with Crippen molar-refractivity contribution in [1.29, 1.82) is 0 Å². The van der Waals surface area contributed by atoms with Crippen molar-refractivity contribution in [3.8, 4) is 0 Å². The minimum absolute atomic E-state index is 0.0170. The van der Waals surface area contributed by atoms with E-state index in [1.54, 1.807) is 0 Å². The van der Waals surface area contributed by atoms with Gasteiger partial charge in [-0.3, -0.25) is 9.59 Å². The number of ketones is 1. The third-order valence-corrected chi connectivity index (χ3v) is 1.88. The van der Waals surface area contributed by atoms with E-state index in [9.17, 15) is 14.0 Å². The van der Waals surface area contributed by atoms with Crippen molar-refractivity contribution in [2.45, 2.75) is 12.8 Å². The maximum atomic E-state index is 12.7. The minimum atomic E-state index is -0.560. The van der Waals surface area contributed by atoms with Crippen LogP contribution in [0.3, 0.4) is 0 Å². The smallest absolute Gasteiger partial charge is 0.222 e. The lowest BCUT2D eigenvalue weighted by atomic mass is 10.1. The molecule has 14 heavy (non-hydrogen) atoms. The molecular formula is C10H8ClFO2. The molecule has 1 aromatic rings. The molecule has 0 unspecified atom stereocenters. The summed E-state index contributed by atoms with van der Waals surface area (Å²) in [5.74, 6) is -0.744. The van der Waals surface area contributed by atoms with Gasteiger partial charge in [0.1, 0.15) is 5.82 Å². The largest absolute Gasteiger partial charge is 0.294 e. The number of hydrogen-bond acceptors (Lipinski definition) is 2. The van der Waals surface area contributed by atoms with Gasteiger partial charge in [0.25, 0.3) is 0 Å². The molecule has 0 amide bonds. The monoisotopic (exact) mass is 214 g/mol. The molecule has 0 saturated carbocycles. The summed E-state index contributed by atoms with van der Waals surface area (Å²) in [6.45, 7) is 0. The molecule has 1 aromatic carbocycles. The number of hydrogen-bond donors (Lipinski definition) is 0. The molecule has 2 nitrogen and oxygen atoms in total. The Bertz CT molecular complexity index is 363. The van der Waals surface area contributed by atoms with E-state index in [2.05, 4.69) is 0 Å². The Hall–Kier alpha value is -1.22. The number of halogens is 2. The fourth-order valence-corrected chi connectivity index (χ4v) is 1.11. The minimum Gasteiger partial charge on any atom is -0.294 e. The SMILES string of the molecule is O=C(Cl)CCC(=O)c1cccc(F)c1. The van der Waals surface area contributed by atoms with E-state index in [0.29, 0.717) is 0 Å². The van der Waals surface area contributed by atoms with Gasteiger partial charge in [-0.15, -0.1) is 0 Å². The maximum absolute atomic E-state index is 12.7. The number of rotatable bonds is 4. The summed E-state index contributed by atoms with van der Waals surface area (Å²) in [4.78, 5) is 21.7. The fraction of sp³-hybridized carbons (Fsp3) is 0.200. The third-order valence-electron chi connectivity index (χ3n) is 1.70. The van der Waals surface area contributed by atoms with E-state index in [4.69, 9.17) is 11.6 Å². The first-order valence-corrected chi connectivity index (χ1v) is 4.44. The Morgan fingerprint density at radius 3 is 2.57 bits per heavy atom. The van der Waals surface area contributed by atoms with Gasteiger partial charge in [0.15, 0.2) is 5.78 Å². The first kappa shape index (κ1) is 10.9. The van der Waals surface area contributed by atoms with Crippen LogP contribution in [0.15, 0.2) is 24.3 Å². The Labute approximate surface area is 85.7 Å². The topological polar surface area (TPSA) is 34.1 Å². The molecule has 0 atom stereocenters. The standard InChI is InChI=1S/C10H8ClFO2/c11-10(14)5-4-9(13)7-2-1-3-8(12)6-7/h1-3,6H,4-5H2. The van der Waals surface area contributed by atoms with Gasteiger partial charge in [0.2, 0.25) is 5.24 Å². The van der Waals surface area contributed by atoms with Crippen molar-refractivity contribution in [1.82, 2.24) is 0 Å². The van der Waals surface area contributed by atoms with Gasteiger partial charge in [0.05, 0.1) is 0 Å². The molecule has 0 N–H and O–H groups in total. The van der Waals surface area contributed by atoms with Gasteiger partial charge < -0.3 is 0 Å². The van der Waals surface area contributed by atoms with E-state index in [0.717, 1.165) is 6.07 Å². The molecule has 1 rings (SSSR count). The average molecular weight is 215 g/mol. The van der Waals surface area contributed by atoms with Crippen LogP contribution >= 0.6 is 11.6 Å². The molecule has 0 bridgehead atoms. The highest BCUT2D eigenvalue weighted by Crippen LogP contribution is 2.08. The molecule has 0 aliphatic heterocycles. The van der Waals surface area contributed by atoms with E-state index < -0.39 is 11.1 Å². The van der Waals surface area contributed by atoms with Crippen LogP contribution in [0.25, 0.3) is 0 Å². The van der Waals surface area contributed by atoms with Crippen molar-refractivity contribution in [2.75, 3.05) is 0 Å². The van der Waals surface area contributed by atoms with Crippen molar-refractivity contribution in [3.05, 3.63) is 35.6 Å². The second kappa shape index (κ2) is 4.86. The van der Waals surface area contributed by atoms with Crippen LogP contribution in [0.4, 0.5) is 4.39 Å². The maximum Gasteiger partial charge on any atom is 0.222 e. The summed E-state index contributed by atoms with van der Waals surface area (Å²) >= 11 is 5.08. The predicted octanol–water partition coefficient (Wildman–Crippen LogP) is 2.55. The second-order valence-corrected chi connectivity index (χ2v) is 3.21. The summed E-state index contributed by atoms with van der Waals surface area (Å²) in [5, 5.41) is -0.560. The summed E-state index contributed by atoms with van der Waals surface area (Å²) < 4.78 is 12.7. The zero-order valence-electron chi connectivity index (χ0n) is 7.30. The lowest BCUT2D eigenvalue weighted by molar-refractivity contribution is -0.111. The van der Waals surface area contributed by atoms with Gasteiger partial charge in [-0.25, -0.2) is 4.39 Å². The molecular weight excluding hydrogens is 207 g/mol. The lowest BCUT2D eigenvalue weighted by Crippen LogP contribution is -2.01. The van der Waals surface area contributed by atoms with Gasteiger partial charge in [-0.05, 0) is 23.7 Å². The van der Waals surface area contributed by atoms with E-state index in [1.807, 2.05) is 0 Å². The number of carbonyl (C=O) groups excluding carboxylic acids is 2. The molecule has 0 aliphatic carbocycles. The van der Waals surface area contributed by atoms with Crippen molar-refractivity contribution in [2.24, 2.45) is 0 Å². The van der Waals surface area contributed by atoms with Crippen LogP contribution in [0.1, 0.15) is 23.2 Å². The highest BCUT2D eigenvalue weighted by atomic mass is 35.5. The van der Waals surface area contributed by atoms with Crippen molar-refractivity contribution in [3.63, 3.8) is 0 Å². The van der Waals surface area contributed by atoms with Crippen molar-refractivity contribution >= 4 is 22.6 Å². The van der Waals surface area contributed by atoms with Crippen LogP contribution in [0, 0.1) is 5.82 Å². The Morgan fingerprint density at radius 2 is 2.00 bits per heavy atom. The van der Waals surface area contributed by atoms with Crippen LogP contribution in [0.5, 0.6) is 0 Å². The van der Waals surface area contributed by atoms with Gasteiger partial charge in [-0.1, -0.05) is 12.1 Å². The molecule has 74 valence electrons. The van der Waals surface area contributed by atoms with E-state index in [1.165, 1.54) is 18.2 Å². The molecule has 0 heterocycles. The number of carbonyl (C=O) groups is 2. The van der Waals surface area contributed by atoms with Crippen LogP contribution in [-0.2, 0) is 4.79 Å². The first-order valence-electron chi connectivity index (χ1n) is 4.06. The normalized spacial score (nSPS) is 9.86. The quantitative estimate of drug-likeness (QED) is 0.570. The molecule has 0 fully saturated rings. The predicted molar refractivity (Wildman–Crippen MR) is 50.8 cm³/mol.